The molecule has 21 heavy (non-hydrogen) atoms. The van der Waals surface area contributed by atoms with E-state index in [0.29, 0.717) is 22.9 Å². The van der Waals surface area contributed by atoms with Crippen molar-refractivity contribution in [2.45, 2.75) is 38.6 Å². The Bertz CT molecular complexity index is 544. The molecule has 2 fully saturated rings. The second kappa shape index (κ2) is 5.58. The first-order chi connectivity index (χ1) is 10.1. The Hall–Kier alpha value is -1.71. The number of nitrogens with one attached hydrogen (secondary N) is 1. The molecule has 0 spiro atoms. The summed E-state index contributed by atoms with van der Waals surface area (Å²) in [4.78, 5) is 12.4. The first kappa shape index (κ1) is 14.2. The third kappa shape index (κ3) is 2.71. The van der Waals surface area contributed by atoms with Crippen molar-refractivity contribution in [3.8, 4) is 5.75 Å². The minimum absolute atomic E-state index is 0.0420. The lowest BCUT2D eigenvalue weighted by atomic mass is 9.84. The molecule has 1 aromatic carbocycles. The molecule has 2 bridgehead atoms. The number of amides is 1. The van der Waals surface area contributed by atoms with Crippen molar-refractivity contribution in [1.29, 1.82) is 0 Å². The number of ether oxygens (including phenoxy) is 1. The van der Waals surface area contributed by atoms with E-state index >= 15 is 0 Å². The number of methoxy groups -OCH3 is 1. The second-order valence-corrected chi connectivity index (χ2v) is 6.56. The highest BCUT2D eigenvalue weighted by Gasteiger charge is 2.42. The van der Waals surface area contributed by atoms with E-state index < -0.39 is 0 Å². The summed E-state index contributed by atoms with van der Waals surface area (Å²) in [6, 6.07) is 5.42. The van der Waals surface area contributed by atoms with Crippen LogP contribution in [0.3, 0.4) is 0 Å². The van der Waals surface area contributed by atoms with E-state index in [2.05, 4.69) is 12.2 Å². The van der Waals surface area contributed by atoms with Crippen LogP contribution in [-0.2, 0) is 0 Å². The van der Waals surface area contributed by atoms with E-state index in [9.17, 15) is 4.79 Å². The third-order valence-electron chi connectivity index (χ3n) is 5.29. The highest BCUT2D eigenvalue weighted by molar-refractivity contribution is 5.95. The van der Waals surface area contributed by atoms with Gasteiger partial charge in [-0.2, -0.15) is 0 Å². The lowest BCUT2D eigenvalue weighted by Crippen LogP contribution is -2.40. The SMILES string of the molecule is COc1ccc(C(=O)NC(C)C2CC3CCC2C3)cc1N. The minimum Gasteiger partial charge on any atom is -0.495 e. The van der Waals surface area contributed by atoms with Crippen LogP contribution in [0.1, 0.15) is 43.0 Å². The van der Waals surface area contributed by atoms with Crippen molar-refractivity contribution in [2.24, 2.45) is 17.8 Å². The van der Waals surface area contributed by atoms with Crippen LogP contribution in [0, 0.1) is 17.8 Å². The van der Waals surface area contributed by atoms with E-state index in [1.165, 1.54) is 25.7 Å². The van der Waals surface area contributed by atoms with E-state index in [-0.39, 0.29) is 11.9 Å². The predicted octanol–water partition coefficient (Wildman–Crippen LogP) is 2.83. The molecule has 4 nitrogen and oxygen atoms in total. The van der Waals surface area contributed by atoms with Gasteiger partial charge in [0.15, 0.2) is 0 Å². The van der Waals surface area contributed by atoms with Crippen LogP contribution in [0.25, 0.3) is 0 Å². The first-order valence-corrected chi connectivity index (χ1v) is 7.83. The summed E-state index contributed by atoms with van der Waals surface area (Å²) in [5.41, 5.74) is 6.97. The molecule has 4 unspecified atom stereocenters. The highest BCUT2D eigenvalue weighted by atomic mass is 16.5. The normalized spacial score (nSPS) is 28.4. The quantitative estimate of drug-likeness (QED) is 0.837. The number of carbonyl (C=O) groups is 1. The topological polar surface area (TPSA) is 64.3 Å². The van der Waals surface area contributed by atoms with Gasteiger partial charge in [-0.25, -0.2) is 0 Å². The number of fused-ring (bicyclic) bond motifs is 2. The largest absolute Gasteiger partial charge is 0.495 e. The molecule has 1 aromatic rings. The number of nitrogen functional groups attached to an aromatic ring is 1. The van der Waals surface area contributed by atoms with Crippen LogP contribution < -0.4 is 15.8 Å². The van der Waals surface area contributed by atoms with Gasteiger partial charge in [0.05, 0.1) is 12.8 Å². The molecule has 3 N–H and O–H groups in total. The van der Waals surface area contributed by atoms with Crippen molar-refractivity contribution in [1.82, 2.24) is 5.32 Å². The second-order valence-electron chi connectivity index (χ2n) is 6.56. The van der Waals surface area contributed by atoms with Crippen LogP contribution in [0.5, 0.6) is 5.75 Å². The lowest BCUT2D eigenvalue weighted by molar-refractivity contribution is 0.0915. The zero-order chi connectivity index (χ0) is 15.0. The van der Waals surface area contributed by atoms with Gasteiger partial charge >= 0.3 is 0 Å². The molecule has 0 radical (unpaired) electrons. The number of hydrogen-bond donors (Lipinski definition) is 2. The van der Waals surface area contributed by atoms with Crippen LogP contribution in [0.4, 0.5) is 5.69 Å². The summed E-state index contributed by atoms with van der Waals surface area (Å²) in [6.07, 6.45) is 5.36. The van der Waals surface area contributed by atoms with Crippen LogP contribution in [0.2, 0.25) is 0 Å². The zero-order valence-corrected chi connectivity index (χ0v) is 12.8. The smallest absolute Gasteiger partial charge is 0.251 e. The summed E-state index contributed by atoms with van der Waals surface area (Å²) in [6.45, 7) is 2.14. The van der Waals surface area contributed by atoms with Gasteiger partial charge in [-0.05, 0) is 62.1 Å². The van der Waals surface area contributed by atoms with Gasteiger partial charge in [0.2, 0.25) is 0 Å². The molecule has 4 atom stereocenters. The molecule has 0 aliphatic heterocycles. The van der Waals surface area contributed by atoms with Crippen molar-refractivity contribution in [3.63, 3.8) is 0 Å². The van der Waals surface area contributed by atoms with Gasteiger partial charge in [-0.15, -0.1) is 0 Å². The monoisotopic (exact) mass is 288 g/mol. The minimum atomic E-state index is -0.0420. The Labute approximate surface area is 126 Å². The molecular weight excluding hydrogens is 264 g/mol. The fourth-order valence-electron chi connectivity index (χ4n) is 4.18. The number of carbonyl (C=O) groups excluding carboxylic acids is 1. The molecule has 2 saturated carbocycles. The maximum absolute atomic E-state index is 12.4. The maximum Gasteiger partial charge on any atom is 0.251 e. The average molecular weight is 288 g/mol. The Balaban J connectivity index is 1.64. The molecule has 0 saturated heterocycles. The Morgan fingerprint density at radius 2 is 2.19 bits per heavy atom. The summed E-state index contributed by atoms with van der Waals surface area (Å²) >= 11 is 0. The Morgan fingerprint density at radius 3 is 2.76 bits per heavy atom. The van der Waals surface area contributed by atoms with Gasteiger partial charge < -0.3 is 15.8 Å². The zero-order valence-electron chi connectivity index (χ0n) is 12.8. The van der Waals surface area contributed by atoms with E-state index in [1.807, 2.05) is 0 Å². The number of benzene rings is 1. The van der Waals surface area contributed by atoms with Crippen molar-refractivity contribution in [3.05, 3.63) is 23.8 Å². The number of rotatable bonds is 4. The maximum atomic E-state index is 12.4. The molecule has 0 aromatic heterocycles. The first-order valence-electron chi connectivity index (χ1n) is 7.83. The summed E-state index contributed by atoms with van der Waals surface area (Å²) < 4.78 is 5.12. The van der Waals surface area contributed by atoms with E-state index in [1.54, 1.807) is 25.3 Å². The number of anilines is 1. The van der Waals surface area contributed by atoms with Crippen LogP contribution in [-0.4, -0.2) is 19.1 Å². The number of hydrogen-bond acceptors (Lipinski definition) is 3. The molecule has 1 amide bonds. The van der Waals surface area contributed by atoms with Crippen molar-refractivity contribution < 1.29 is 9.53 Å². The molecule has 114 valence electrons. The molecule has 2 aliphatic carbocycles. The predicted molar refractivity (Wildman–Crippen MR) is 83.3 cm³/mol. The number of nitrogens with two attached hydrogens (primary N) is 1. The fourth-order valence-corrected chi connectivity index (χ4v) is 4.18. The molecule has 4 heteroatoms. The average Bonchev–Trinajstić information content (AvgIpc) is 3.09. The fraction of sp³-hybridized carbons (Fsp3) is 0.588. The molecule has 2 aliphatic rings. The standard InChI is InChI=1S/C17H24N2O2/c1-10(14-8-11-3-4-12(14)7-11)19-17(20)13-5-6-16(21-2)15(18)9-13/h5-6,9-12,14H,3-4,7-8,18H2,1-2H3,(H,19,20). The molecular formula is C17H24N2O2. The highest BCUT2D eigenvalue weighted by Crippen LogP contribution is 2.49. The van der Waals surface area contributed by atoms with Gasteiger partial charge in [-0.3, -0.25) is 4.79 Å². The van der Waals surface area contributed by atoms with Gasteiger partial charge in [0, 0.05) is 11.6 Å². The Kier molecular flexibility index (Phi) is 3.79. The van der Waals surface area contributed by atoms with E-state index in [4.69, 9.17) is 10.5 Å². The summed E-state index contributed by atoms with van der Waals surface area (Å²) in [5.74, 6) is 2.91. The van der Waals surface area contributed by atoms with Crippen molar-refractivity contribution >= 4 is 11.6 Å². The van der Waals surface area contributed by atoms with Gasteiger partial charge in [0.1, 0.15) is 5.75 Å². The van der Waals surface area contributed by atoms with E-state index in [0.717, 1.165) is 11.8 Å². The van der Waals surface area contributed by atoms with Crippen LogP contribution >= 0.6 is 0 Å². The van der Waals surface area contributed by atoms with Crippen LogP contribution in [0.15, 0.2) is 18.2 Å². The summed E-state index contributed by atoms with van der Waals surface area (Å²) in [7, 11) is 1.57. The molecule has 0 heterocycles. The van der Waals surface area contributed by atoms with Gasteiger partial charge in [0.25, 0.3) is 5.91 Å². The lowest BCUT2D eigenvalue weighted by Gasteiger charge is -2.28. The summed E-state index contributed by atoms with van der Waals surface area (Å²) in [5, 5.41) is 3.15. The molecule has 3 rings (SSSR count). The third-order valence-corrected chi connectivity index (χ3v) is 5.29. The van der Waals surface area contributed by atoms with Crippen molar-refractivity contribution in [2.75, 3.05) is 12.8 Å². The Morgan fingerprint density at radius 1 is 1.38 bits per heavy atom. The van der Waals surface area contributed by atoms with Gasteiger partial charge in [-0.1, -0.05) is 6.42 Å².